The minimum absolute atomic E-state index is 0. The maximum atomic E-state index is 5.02. The number of benzene rings is 1. The van der Waals surface area contributed by atoms with E-state index in [-0.39, 0.29) is 24.0 Å². The molecule has 24 heavy (non-hydrogen) atoms. The monoisotopic (exact) mass is 443 g/mol. The molecule has 0 atom stereocenters. The third-order valence-electron chi connectivity index (χ3n) is 3.36. The van der Waals surface area contributed by atoms with E-state index in [1.165, 1.54) is 0 Å². The van der Waals surface area contributed by atoms with Crippen LogP contribution in [0.1, 0.15) is 6.42 Å². The van der Waals surface area contributed by atoms with Crippen molar-refractivity contribution in [3.8, 4) is 0 Å². The zero-order valence-corrected chi connectivity index (χ0v) is 16.5. The van der Waals surface area contributed by atoms with Crippen LogP contribution in [0.2, 0.25) is 0 Å². The zero-order valence-electron chi connectivity index (χ0n) is 14.2. The van der Waals surface area contributed by atoms with E-state index < -0.39 is 0 Å². The lowest BCUT2D eigenvalue weighted by molar-refractivity contribution is 0.195. The third-order valence-corrected chi connectivity index (χ3v) is 3.36. The smallest absolute Gasteiger partial charge is 0.191 e. The Labute approximate surface area is 160 Å². The van der Waals surface area contributed by atoms with E-state index in [0.717, 1.165) is 55.3 Å². The van der Waals surface area contributed by atoms with E-state index in [0.29, 0.717) is 0 Å². The lowest BCUT2D eigenvalue weighted by Crippen LogP contribution is -2.40. The Morgan fingerprint density at radius 1 is 1.08 bits per heavy atom. The molecule has 6 nitrogen and oxygen atoms in total. The van der Waals surface area contributed by atoms with Crippen LogP contribution in [-0.2, 0) is 4.74 Å². The first-order valence-corrected chi connectivity index (χ1v) is 7.86. The number of nitrogens with zero attached hydrogens (tertiary/aromatic N) is 2. The Hall–Kier alpha value is -1.61. The van der Waals surface area contributed by atoms with Crippen LogP contribution < -0.4 is 16.0 Å². The molecule has 0 aliphatic carbocycles. The molecule has 1 aromatic heterocycles. The average Bonchev–Trinajstić information content (AvgIpc) is 2.60. The first-order valence-electron chi connectivity index (χ1n) is 7.86. The predicted molar refractivity (Wildman–Crippen MR) is 112 cm³/mol. The Balaban J connectivity index is 0.00000288. The molecule has 0 saturated heterocycles. The molecule has 0 unspecified atom stereocenters. The van der Waals surface area contributed by atoms with Crippen molar-refractivity contribution < 1.29 is 4.74 Å². The zero-order chi connectivity index (χ0) is 16.3. The molecule has 2 rings (SSSR count). The fourth-order valence-electron chi connectivity index (χ4n) is 2.18. The second-order valence-electron chi connectivity index (χ2n) is 5.09. The molecule has 0 bridgehead atoms. The maximum absolute atomic E-state index is 5.02. The minimum Gasteiger partial charge on any atom is -0.385 e. The number of nitrogens with one attached hydrogen (secondary N) is 3. The van der Waals surface area contributed by atoms with E-state index in [1.807, 2.05) is 24.3 Å². The van der Waals surface area contributed by atoms with Gasteiger partial charge in [-0.15, -0.1) is 24.0 Å². The van der Waals surface area contributed by atoms with Crippen molar-refractivity contribution in [2.75, 3.05) is 45.7 Å². The second-order valence-corrected chi connectivity index (χ2v) is 5.09. The number of hydrogen-bond acceptors (Lipinski definition) is 4. The van der Waals surface area contributed by atoms with Gasteiger partial charge in [0, 0.05) is 45.8 Å². The first-order chi connectivity index (χ1) is 11.3. The van der Waals surface area contributed by atoms with Gasteiger partial charge in [-0.3, -0.25) is 4.99 Å². The number of aromatic nitrogens is 1. The number of methoxy groups -OCH3 is 1. The molecule has 1 aromatic carbocycles. The number of hydrogen-bond donors (Lipinski definition) is 3. The van der Waals surface area contributed by atoms with E-state index in [1.54, 1.807) is 14.2 Å². The molecule has 0 aliphatic rings. The SMILES string of the molecule is CN=C(NCCCOC)NCCNc1ccc2ccccc2n1.I. The molecule has 0 fully saturated rings. The highest BCUT2D eigenvalue weighted by atomic mass is 127. The summed E-state index contributed by atoms with van der Waals surface area (Å²) in [6.45, 7) is 3.12. The fraction of sp³-hybridized carbons (Fsp3) is 0.412. The molecule has 2 aromatic rings. The Morgan fingerprint density at radius 3 is 2.67 bits per heavy atom. The van der Waals surface area contributed by atoms with Gasteiger partial charge in [-0.1, -0.05) is 18.2 Å². The van der Waals surface area contributed by atoms with Crippen LogP contribution in [0.3, 0.4) is 0 Å². The summed E-state index contributed by atoms with van der Waals surface area (Å²) in [5.74, 6) is 1.68. The number of aliphatic imine (C=N–C) groups is 1. The van der Waals surface area contributed by atoms with Gasteiger partial charge in [0.2, 0.25) is 0 Å². The van der Waals surface area contributed by atoms with E-state index in [2.05, 4.69) is 38.1 Å². The Morgan fingerprint density at radius 2 is 1.88 bits per heavy atom. The summed E-state index contributed by atoms with van der Waals surface area (Å²) in [4.78, 5) is 8.76. The number of para-hydroxylation sites is 1. The topological polar surface area (TPSA) is 70.6 Å². The summed E-state index contributed by atoms with van der Waals surface area (Å²) in [7, 11) is 3.48. The number of pyridine rings is 1. The number of rotatable bonds is 8. The summed E-state index contributed by atoms with van der Waals surface area (Å²) in [6, 6.07) is 12.2. The highest BCUT2D eigenvalue weighted by Gasteiger charge is 1.99. The number of anilines is 1. The summed E-state index contributed by atoms with van der Waals surface area (Å²) in [6.07, 6.45) is 0.955. The third kappa shape index (κ3) is 6.88. The van der Waals surface area contributed by atoms with Crippen molar-refractivity contribution in [2.24, 2.45) is 4.99 Å². The van der Waals surface area contributed by atoms with Gasteiger partial charge in [-0.2, -0.15) is 0 Å². The van der Waals surface area contributed by atoms with Crippen LogP contribution >= 0.6 is 24.0 Å². The second kappa shape index (κ2) is 11.9. The molecule has 0 amide bonds. The number of halogens is 1. The van der Waals surface area contributed by atoms with Crippen LogP contribution in [0.5, 0.6) is 0 Å². The van der Waals surface area contributed by atoms with Crippen molar-refractivity contribution >= 4 is 46.7 Å². The molecule has 3 N–H and O–H groups in total. The summed E-state index contributed by atoms with van der Waals surface area (Å²) >= 11 is 0. The normalized spacial score (nSPS) is 11.0. The molecule has 0 aliphatic heterocycles. The van der Waals surface area contributed by atoms with Gasteiger partial charge in [0.05, 0.1) is 5.52 Å². The standard InChI is InChI=1S/C17H25N5O.HI/c1-18-17(20-10-5-13-23-2)21-12-11-19-16-9-8-14-6-3-4-7-15(14)22-16;/h3-4,6-9H,5,10-13H2,1-2H3,(H,19,22)(H2,18,20,21);1H. The maximum Gasteiger partial charge on any atom is 0.191 e. The molecule has 1 heterocycles. The van der Waals surface area contributed by atoms with Crippen LogP contribution in [0.4, 0.5) is 5.82 Å². The van der Waals surface area contributed by atoms with Gasteiger partial charge >= 0.3 is 0 Å². The van der Waals surface area contributed by atoms with Crippen LogP contribution in [0.25, 0.3) is 10.9 Å². The van der Waals surface area contributed by atoms with Gasteiger partial charge in [-0.05, 0) is 24.6 Å². The van der Waals surface area contributed by atoms with E-state index >= 15 is 0 Å². The van der Waals surface area contributed by atoms with Crippen LogP contribution in [0.15, 0.2) is 41.4 Å². The van der Waals surface area contributed by atoms with Gasteiger partial charge in [0.1, 0.15) is 5.82 Å². The lowest BCUT2D eigenvalue weighted by Gasteiger charge is -2.12. The average molecular weight is 443 g/mol. The van der Waals surface area contributed by atoms with E-state index in [9.17, 15) is 0 Å². The molecule has 0 radical (unpaired) electrons. The van der Waals surface area contributed by atoms with Crippen LogP contribution in [-0.4, -0.2) is 51.3 Å². The van der Waals surface area contributed by atoms with E-state index in [4.69, 9.17) is 4.74 Å². The number of fused-ring (bicyclic) bond motifs is 1. The molecule has 7 heteroatoms. The minimum atomic E-state index is 0. The van der Waals surface area contributed by atoms with Gasteiger partial charge in [-0.25, -0.2) is 4.98 Å². The highest BCUT2D eigenvalue weighted by molar-refractivity contribution is 14.0. The Kier molecular flexibility index (Phi) is 10.1. The molecule has 0 spiro atoms. The van der Waals surface area contributed by atoms with Gasteiger partial charge < -0.3 is 20.7 Å². The summed E-state index contributed by atoms with van der Waals surface area (Å²) in [5.41, 5.74) is 1.00. The Bertz CT molecular complexity index is 635. The quantitative estimate of drug-likeness (QED) is 0.253. The summed E-state index contributed by atoms with van der Waals surface area (Å²) in [5, 5.41) is 11.0. The molecular weight excluding hydrogens is 417 g/mol. The number of ether oxygens (including phenoxy) is 1. The molecular formula is C17H26IN5O. The fourth-order valence-corrected chi connectivity index (χ4v) is 2.18. The first kappa shape index (κ1) is 20.4. The molecule has 0 saturated carbocycles. The lowest BCUT2D eigenvalue weighted by atomic mass is 10.2. The molecule has 132 valence electrons. The predicted octanol–water partition coefficient (Wildman–Crippen LogP) is 2.47. The van der Waals surface area contributed by atoms with Crippen molar-refractivity contribution in [1.82, 2.24) is 15.6 Å². The van der Waals surface area contributed by atoms with Gasteiger partial charge in [0.25, 0.3) is 0 Å². The van der Waals surface area contributed by atoms with Crippen LogP contribution in [0, 0.1) is 0 Å². The van der Waals surface area contributed by atoms with Gasteiger partial charge in [0.15, 0.2) is 5.96 Å². The van der Waals surface area contributed by atoms with Crippen molar-refractivity contribution in [1.29, 1.82) is 0 Å². The highest BCUT2D eigenvalue weighted by Crippen LogP contribution is 2.13. The largest absolute Gasteiger partial charge is 0.385 e. The number of guanidine groups is 1. The van der Waals surface area contributed by atoms with Crippen molar-refractivity contribution in [2.45, 2.75) is 6.42 Å². The van der Waals surface area contributed by atoms with Crippen molar-refractivity contribution in [3.05, 3.63) is 36.4 Å². The summed E-state index contributed by atoms with van der Waals surface area (Å²) < 4.78 is 5.02. The van der Waals surface area contributed by atoms with Crippen molar-refractivity contribution in [3.63, 3.8) is 0 Å².